The average Bonchev–Trinajstić information content (AvgIpc) is 2.89. The molecule has 0 aliphatic carbocycles. The van der Waals surface area contributed by atoms with Crippen molar-refractivity contribution in [3.8, 4) is 0 Å². The summed E-state index contributed by atoms with van der Waals surface area (Å²) in [5.74, 6) is -0.784. The molecular weight excluding hydrogens is 270 g/mol. The number of carbonyl (C=O) groups is 2. The molecule has 0 spiro atoms. The maximum absolute atomic E-state index is 12.3. The summed E-state index contributed by atoms with van der Waals surface area (Å²) in [5.41, 5.74) is -0.753. The van der Waals surface area contributed by atoms with Crippen LogP contribution in [0, 0.1) is 5.41 Å². The number of aliphatic carboxylic acids is 1. The first-order valence-corrected chi connectivity index (χ1v) is 7.87. The van der Waals surface area contributed by atoms with E-state index >= 15 is 0 Å². The third-order valence-electron chi connectivity index (χ3n) is 5.31. The van der Waals surface area contributed by atoms with Gasteiger partial charge >= 0.3 is 12.0 Å². The van der Waals surface area contributed by atoms with E-state index in [-0.39, 0.29) is 12.1 Å². The van der Waals surface area contributed by atoms with E-state index in [1.54, 1.807) is 4.90 Å². The normalized spacial score (nSPS) is 34.0. The molecule has 2 N–H and O–H groups in total. The Morgan fingerprint density at radius 3 is 2.62 bits per heavy atom. The Hall–Kier alpha value is -1.30. The summed E-state index contributed by atoms with van der Waals surface area (Å²) < 4.78 is 0. The number of likely N-dealkylation sites (tertiary alicyclic amines) is 2. The molecule has 2 rings (SSSR count). The minimum Gasteiger partial charge on any atom is -0.481 e. The number of hydrogen-bond donors (Lipinski definition) is 2. The number of carboxylic acid groups (broad SMARTS) is 1. The zero-order valence-corrected chi connectivity index (χ0v) is 13.3. The van der Waals surface area contributed by atoms with Crippen LogP contribution in [0.1, 0.15) is 39.5 Å². The lowest BCUT2D eigenvalue weighted by atomic mass is 9.84. The number of hydrogen-bond acceptors (Lipinski definition) is 3. The van der Waals surface area contributed by atoms with E-state index in [0.29, 0.717) is 32.0 Å². The summed E-state index contributed by atoms with van der Waals surface area (Å²) in [4.78, 5) is 27.7. The van der Waals surface area contributed by atoms with Gasteiger partial charge in [-0.25, -0.2) is 4.79 Å². The van der Waals surface area contributed by atoms with Crippen LogP contribution >= 0.6 is 0 Å². The topological polar surface area (TPSA) is 72.9 Å². The van der Waals surface area contributed by atoms with Gasteiger partial charge in [0.2, 0.25) is 0 Å². The molecule has 2 aliphatic rings. The Morgan fingerprint density at radius 1 is 1.38 bits per heavy atom. The van der Waals surface area contributed by atoms with Gasteiger partial charge in [-0.15, -0.1) is 0 Å². The molecule has 2 aliphatic heterocycles. The first kappa shape index (κ1) is 16.1. The van der Waals surface area contributed by atoms with Crippen molar-refractivity contribution in [2.24, 2.45) is 5.41 Å². The van der Waals surface area contributed by atoms with Gasteiger partial charge in [0.15, 0.2) is 0 Å². The monoisotopic (exact) mass is 297 g/mol. The predicted molar refractivity (Wildman–Crippen MR) is 80.2 cm³/mol. The van der Waals surface area contributed by atoms with E-state index in [1.165, 1.54) is 0 Å². The van der Waals surface area contributed by atoms with Gasteiger partial charge in [0.05, 0.1) is 5.41 Å². The van der Waals surface area contributed by atoms with Crippen molar-refractivity contribution in [1.29, 1.82) is 0 Å². The van der Waals surface area contributed by atoms with Crippen LogP contribution in [-0.2, 0) is 4.79 Å². The molecule has 0 aromatic rings. The van der Waals surface area contributed by atoms with Gasteiger partial charge in [-0.1, -0.05) is 6.92 Å². The first-order valence-electron chi connectivity index (χ1n) is 7.87. The van der Waals surface area contributed by atoms with Crippen LogP contribution in [0.5, 0.6) is 0 Å². The molecule has 2 saturated heterocycles. The smallest absolute Gasteiger partial charge is 0.317 e. The lowest BCUT2D eigenvalue weighted by Gasteiger charge is -2.36. The highest BCUT2D eigenvalue weighted by Gasteiger charge is 2.45. The number of urea groups is 1. The molecule has 0 bridgehead atoms. The summed E-state index contributed by atoms with van der Waals surface area (Å²) >= 11 is 0. The third kappa shape index (κ3) is 3.31. The number of piperidine rings is 1. The van der Waals surface area contributed by atoms with Crippen LogP contribution < -0.4 is 5.32 Å². The standard InChI is InChI=1S/C15H27N3O3/c1-4-15(13(19)20)6-8-18(10-15)14(21)16-12-5-7-17(3)11(2)9-12/h11-12H,4-10H2,1-3H3,(H,16,21)(H,19,20). The van der Waals surface area contributed by atoms with Crippen molar-refractivity contribution in [3.63, 3.8) is 0 Å². The second-order valence-electron chi connectivity index (χ2n) is 6.61. The molecular formula is C15H27N3O3. The fraction of sp³-hybridized carbons (Fsp3) is 0.867. The molecule has 0 aromatic heterocycles. The van der Waals surface area contributed by atoms with Gasteiger partial charge in [0, 0.05) is 31.7 Å². The van der Waals surface area contributed by atoms with Crippen LogP contribution in [-0.4, -0.2) is 65.7 Å². The second kappa shape index (κ2) is 6.22. The maximum Gasteiger partial charge on any atom is 0.317 e. The third-order valence-corrected chi connectivity index (χ3v) is 5.31. The largest absolute Gasteiger partial charge is 0.481 e. The number of carbonyl (C=O) groups excluding carboxylic acids is 1. The van der Waals surface area contributed by atoms with Crippen LogP contribution in [0.4, 0.5) is 4.79 Å². The molecule has 3 unspecified atom stereocenters. The second-order valence-corrected chi connectivity index (χ2v) is 6.61. The van der Waals surface area contributed by atoms with Gasteiger partial charge in [0.25, 0.3) is 0 Å². The average molecular weight is 297 g/mol. The van der Waals surface area contributed by atoms with E-state index in [1.807, 2.05) is 6.92 Å². The molecule has 0 aromatic carbocycles. The van der Waals surface area contributed by atoms with E-state index in [9.17, 15) is 14.7 Å². The number of nitrogens with zero attached hydrogens (tertiary/aromatic N) is 2. The van der Waals surface area contributed by atoms with Crippen molar-refractivity contribution < 1.29 is 14.7 Å². The SMILES string of the molecule is CCC1(C(=O)O)CCN(C(=O)NC2CCN(C)C(C)C2)C1. The Labute approximate surface area is 126 Å². The quantitative estimate of drug-likeness (QED) is 0.825. The van der Waals surface area contributed by atoms with Crippen molar-refractivity contribution in [3.05, 3.63) is 0 Å². The van der Waals surface area contributed by atoms with Crippen molar-refractivity contribution >= 4 is 12.0 Å². The lowest BCUT2D eigenvalue weighted by Crippen LogP contribution is -2.51. The Balaban J connectivity index is 1.89. The number of carboxylic acids is 1. The van der Waals surface area contributed by atoms with E-state index in [4.69, 9.17) is 0 Å². The Kier molecular flexibility index (Phi) is 4.76. The van der Waals surface area contributed by atoms with Crippen molar-refractivity contribution in [1.82, 2.24) is 15.1 Å². The number of amides is 2. The highest BCUT2D eigenvalue weighted by molar-refractivity contribution is 5.79. The Bertz CT molecular complexity index is 415. The molecule has 2 heterocycles. The summed E-state index contributed by atoms with van der Waals surface area (Å²) in [5, 5.41) is 12.5. The van der Waals surface area contributed by atoms with E-state index in [0.717, 1.165) is 19.4 Å². The zero-order valence-electron chi connectivity index (χ0n) is 13.3. The summed E-state index contributed by atoms with van der Waals surface area (Å²) in [6.07, 6.45) is 3.03. The van der Waals surface area contributed by atoms with Gasteiger partial charge < -0.3 is 20.2 Å². The van der Waals surface area contributed by atoms with Crippen LogP contribution in [0.2, 0.25) is 0 Å². The first-order chi connectivity index (χ1) is 9.88. The molecule has 2 amide bonds. The number of rotatable bonds is 3. The zero-order chi connectivity index (χ0) is 15.6. The molecule has 120 valence electrons. The fourth-order valence-electron chi connectivity index (χ4n) is 3.35. The highest BCUT2D eigenvalue weighted by Crippen LogP contribution is 2.34. The molecule has 2 fully saturated rings. The van der Waals surface area contributed by atoms with E-state index < -0.39 is 11.4 Å². The minimum atomic E-state index is -0.784. The summed E-state index contributed by atoms with van der Waals surface area (Å²) in [6, 6.07) is 0.565. The summed E-state index contributed by atoms with van der Waals surface area (Å²) in [7, 11) is 2.10. The number of nitrogens with one attached hydrogen (secondary N) is 1. The van der Waals surface area contributed by atoms with Gasteiger partial charge in [-0.05, 0) is 39.7 Å². The Morgan fingerprint density at radius 2 is 2.10 bits per heavy atom. The van der Waals surface area contributed by atoms with Gasteiger partial charge in [0.1, 0.15) is 0 Å². The minimum absolute atomic E-state index is 0.103. The molecule has 3 atom stereocenters. The predicted octanol–water partition coefficient (Wildman–Crippen LogP) is 1.37. The van der Waals surface area contributed by atoms with Crippen LogP contribution in [0.3, 0.4) is 0 Å². The molecule has 0 radical (unpaired) electrons. The lowest BCUT2D eigenvalue weighted by molar-refractivity contribution is -0.148. The van der Waals surface area contributed by atoms with E-state index in [2.05, 4.69) is 24.2 Å². The van der Waals surface area contributed by atoms with Gasteiger partial charge in [-0.2, -0.15) is 0 Å². The van der Waals surface area contributed by atoms with Crippen molar-refractivity contribution in [2.75, 3.05) is 26.7 Å². The highest BCUT2D eigenvalue weighted by atomic mass is 16.4. The fourth-order valence-corrected chi connectivity index (χ4v) is 3.35. The maximum atomic E-state index is 12.3. The summed E-state index contributed by atoms with van der Waals surface area (Å²) in [6.45, 7) is 5.90. The molecule has 6 heteroatoms. The molecule has 0 saturated carbocycles. The van der Waals surface area contributed by atoms with Gasteiger partial charge in [-0.3, -0.25) is 4.79 Å². The molecule has 6 nitrogen and oxygen atoms in total. The molecule has 21 heavy (non-hydrogen) atoms. The van der Waals surface area contributed by atoms with Crippen LogP contribution in [0.15, 0.2) is 0 Å². The van der Waals surface area contributed by atoms with Crippen LogP contribution in [0.25, 0.3) is 0 Å². The van der Waals surface area contributed by atoms with Crippen molar-refractivity contribution in [2.45, 2.75) is 51.6 Å².